The number of anilines is 1. The smallest absolute Gasteiger partial charge is 0.336 e. The van der Waals surface area contributed by atoms with Gasteiger partial charge >= 0.3 is 5.97 Å². The first kappa shape index (κ1) is 14.3. The molecule has 0 bridgehead atoms. The first-order valence-corrected chi connectivity index (χ1v) is 7.19. The quantitative estimate of drug-likeness (QED) is 0.912. The summed E-state index contributed by atoms with van der Waals surface area (Å²) < 4.78 is 0. The molecule has 1 saturated heterocycles. The number of benzene rings is 1. The van der Waals surface area contributed by atoms with Gasteiger partial charge in [0.2, 0.25) is 5.91 Å². The minimum absolute atomic E-state index is 0.0931. The summed E-state index contributed by atoms with van der Waals surface area (Å²) in [5.74, 6) is -0.860. The minimum Gasteiger partial charge on any atom is -0.478 e. The molecule has 22 heavy (non-hydrogen) atoms. The minimum atomic E-state index is -0.953. The van der Waals surface area contributed by atoms with Crippen molar-refractivity contribution >= 4 is 28.5 Å². The first-order chi connectivity index (χ1) is 10.6. The Kier molecular flexibility index (Phi) is 3.66. The third kappa shape index (κ3) is 2.59. The molecule has 2 aromatic rings. The van der Waals surface area contributed by atoms with Crippen molar-refractivity contribution in [2.24, 2.45) is 0 Å². The van der Waals surface area contributed by atoms with E-state index in [2.05, 4.69) is 9.88 Å². The normalized spacial score (nSPS) is 15.1. The summed E-state index contributed by atoms with van der Waals surface area (Å²) in [6.07, 6.45) is 1.51. The topological polar surface area (TPSA) is 73.7 Å². The van der Waals surface area contributed by atoms with Crippen LogP contribution in [0.5, 0.6) is 0 Å². The number of hydrogen-bond donors (Lipinski definition) is 1. The number of pyridine rings is 1. The molecule has 1 aromatic carbocycles. The summed E-state index contributed by atoms with van der Waals surface area (Å²) in [4.78, 5) is 30.9. The number of carboxylic acid groups (broad SMARTS) is 1. The summed E-state index contributed by atoms with van der Waals surface area (Å²) in [5, 5.41) is 9.93. The fourth-order valence-electron chi connectivity index (χ4n) is 2.80. The highest BCUT2D eigenvalue weighted by Gasteiger charge is 2.19. The van der Waals surface area contributed by atoms with Crippen molar-refractivity contribution in [2.45, 2.75) is 6.92 Å². The highest BCUT2D eigenvalue weighted by molar-refractivity contribution is 6.03. The molecule has 0 radical (unpaired) electrons. The molecule has 114 valence electrons. The maximum atomic E-state index is 11.4. The molecule has 1 aliphatic heterocycles. The molecule has 0 unspecified atom stereocenters. The molecule has 0 atom stereocenters. The van der Waals surface area contributed by atoms with Crippen LogP contribution in [-0.2, 0) is 4.79 Å². The number of piperazine rings is 1. The zero-order chi connectivity index (χ0) is 15.7. The van der Waals surface area contributed by atoms with Crippen molar-refractivity contribution < 1.29 is 14.7 Å². The zero-order valence-corrected chi connectivity index (χ0v) is 12.3. The Morgan fingerprint density at radius 1 is 1.14 bits per heavy atom. The number of amides is 1. The lowest BCUT2D eigenvalue weighted by Crippen LogP contribution is -2.48. The summed E-state index contributed by atoms with van der Waals surface area (Å²) >= 11 is 0. The fraction of sp³-hybridized carbons (Fsp3) is 0.312. The van der Waals surface area contributed by atoms with Crippen molar-refractivity contribution in [1.82, 2.24) is 9.88 Å². The van der Waals surface area contributed by atoms with Crippen molar-refractivity contribution in [3.63, 3.8) is 0 Å². The number of nitrogens with zero attached hydrogens (tertiary/aromatic N) is 3. The number of carboxylic acids is 1. The summed E-state index contributed by atoms with van der Waals surface area (Å²) in [7, 11) is 0. The number of carbonyl (C=O) groups is 2. The highest BCUT2D eigenvalue weighted by Crippen LogP contribution is 2.24. The fourth-order valence-corrected chi connectivity index (χ4v) is 2.80. The van der Waals surface area contributed by atoms with Crippen molar-refractivity contribution in [2.75, 3.05) is 31.1 Å². The molecule has 3 rings (SSSR count). The largest absolute Gasteiger partial charge is 0.478 e. The van der Waals surface area contributed by atoms with Gasteiger partial charge < -0.3 is 14.9 Å². The predicted molar refractivity (Wildman–Crippen MR) is 83.2 cm³/mol. The molecule has 0 aliphatic carbocycles. The maximum Gasteiger partial charge on any atom is 0.336 e. The van der Waals surface area contributed by atoms with Gasteiger partial charge in [-0.25, -0.2) is 4.79 Å². The third-order valence-corrected chi connectivity index (χ3v) is 4.05. The number of fused-ring (bicyclic) bond motifs is 1. The van der Waals surface area contributed by atoms with Crippen LogP contribution in [0.1, 0.15) is 17.3 Å². The molecule has 0 spiro atoms. The number of aromatic nitrogens is 1. The SMILES string of the molecule is CC(=O)N1CCN(c2ccc3nccc(C(=O)O)c3c2)CC1. The Bertz CT molecular complexity index is 736. The van der Waals surface area contributed by atoms with Crippen molar-refractivity contribution in [3.05, 3.63) is 36.0 Å². The molecule has 1 amide bonds. The average Bonchev–Trinajstić information content (AvgIpc) is 2.53. The lowest BCUT2D eigenvalue weighted by molar-refractivity contribution is -0.129. The van der Waals surface area contributed by atoms with Crippen LogP contribution in [-0.4, -0.2) is 53.0 Å². The van der Waals surface area contributed by atoms with E-state index in [1.165, 1.54) is 12.3 Å². The zero-order valence-electron chi connectivity index (χ0n) is 12.3. The van der Waals surface area contributed by atoms with Gasteiger partial charge in [-0.3, -0.25) is 9.78 Å². The number of carbonyl (C=O) groups excluding carboxylic acids is 1. The van der Waals surface area contributed by atoms with Gasteiger partial charge in [-0.15, -0.1) is 0 Å². The molecule has 1 aliphatic rings. The van der Waals surface area contributed by atoms with Crippen molar-refractivity contribution in [3.8, 4) is 0 Å². The Balaban J connectivity index is 1.91. The molecular formula is C16H17N3O3. The van der Waals surface area contributed by atoms with E-state index in [1.54, 1.807) is 6.92 Å². The Labute approximate surface area is 128 Å². The van der Waals surface area contributed by atoms with E-state index < -0.39 is 5.97 Å². The van der Waals surface area contributed by atoms with Crippen LogP contribution in [0.3, 0.4) is 0 Å². The van der Waals surface area contributed by atoms with Crippen LogP contribution in [0.4, 0.5) is 5.69 Å². The van der Waals surface area contributed by atoms with Crippen LogP contribution in [0.15, 0.2) is 30.5 Å². The van der Waals surface area contributed by atoms with Gasteiger partial charge in [0.25, 0.3) is 0 Å². The van der Waals surface area contributed by atoms with Crippen molar-refractivity contribution in [1.29, 1.82) is 0 Å². The molecule has 2 heterocycles. The number of hydrogen-bond acceptors (Lipinski definition) is 4. The Hall–Kier alpha value is -2.63. The van der Waals surface area contributed by atoms with Crippen LogP contribution >= 0.6 is 0 Å². The van der Waals surface area contributed by atoms with Gasteiger partial charge in [0.05, 0.1) is 11.1 Å². The Morgan fingerprint density at radius 3 is 2.50 bits per heavy atom. The maximum absolute atomic E-state index is 11.4. The van der Waals surface area contributed by atoms with E-state index in [-0.39, 0.29) is 11.5 Å². The standard InChI is InChI=1S/C16H17N3O3/c1-11(20)18-6-8-19(9-7-18)12-2-3-15-14(10-12)13(16(21)22)4-5-17-15/h2-5,10H,6-9H2,1H3,(H,21,22). The van der Waals surface area contributed by atoms with E-state index in [0.717, 1.165) is 18.8 Å². The second-order valence-corrected chi connectivity index (χ2v) is 5.36. The van der Waals surface area contributed by atoms with Crippen LogP contribution < -0.4 is 4.90 Å². The van der Waals surface area contributed by atoms with Gasteiger partial charge in [-0.05, 0) is 24.3 Å². The summed E-state index contributed by atoms with van der Waals surface area (Å²) in [6.45, 7) is 4.44. The van der Waals surface area contributed by atoms with Crippen LogP contribution in [0.25, 0.3) is 10.9 Å². The van der Waals surface area contributed by atoms with E-state index in [0.29, 0.717) is 24.0 Å². The van der Waals surface area contributed by atoms with E-state index in [9.17, 15) is 14.7 Å². The number of aromatic carboxylic acids is 1. The van der Waals surface area contributed by atoms with E-state index in [1.807, 2.05) is 23.1 Å². The highest BCUT2D eigenvalue weighted by atomic mass is 16.4. The van der Waals surface area contributed by atoms with Gasteiger partial charge in [0.1, 0.15) is 0 Å². The van der Waals surface area contributed by atoms with Gasteiger partial charge in [-0.1, -0.05) is 0 Å². The van der Waals surface area contributed by atoms with E-state index in [4.69, 9.17) is 0 Å². The van der Waals surface area contributed by atoms with Crippen LogP contribution in [0, 0.1) is 0 Å². The lowest BCUT2D eigenvalue weighted by Gasteiger charge is -2.35. The van der Waals surface area contributed by atoms with Gasteiger partial charge in [0.15, 0.2) is 0 Å². The predicted octanol–water partition coefficient (Wildman–Crippen LogP) is 1.60. The first-order valence-electron chi connectivity index (χ1n) is 7.19. The monoisotopic (exact) mass is 299 g/mol. The van der Waals surface area contributed by atoms with Gasteiger partial charge in [0, 0.05) is 50.4 Å². The summed E-state index contributed by atoms with van der Waals surface area (Å²) in [6, 6.07) is 7.18. The van der Waals surface area contributed by atoms with Gasteiger partial charge in [-0.2, -0.15) is 0 Å². The Morgan fingerprint density at radius 2 is 1.86 bits per heavy atom. The molecule has 0 saturated carbocycles. The summed E-state index contributed by atoms with van der Waals surface area (Å²) in [5.41, 5.74) is 1.89. The number of rotatable bonds is 2. The molecule has 1 N–H and O–H groups in total. The average molecular weight is 299 g/mol. The third-order valence-electron chi connectivity index (χ3n) is 4.05. The second kappa shape index (κ2) is 5.63. The molecular weight excluding hydrogens is 282 g/mol. The second-order valence-electron chi connectivity index (χ2n) is 5.36. The molecule has 1 aromatic heterocycles. The van der Waals surface area contributed by atoms with E-state index >= 15 is 0 Å². The molecule has 6 nitrogen and oxygen atoms in total. The molecule has 6 heteroatoms. The lowest BCUT2D eigenvalue weighted by atomic mass is 10.1. The molecule has 1 fully saturated rings. The van der Waals surface area contributed by atoms with Crippen LogP contribution in [0.2, 0.25) is 0 Å².